The molecule has 7 heavy (non-hydrogen) atoms. The summed E-state index contributed by atoms with van der Waals surface area (Å²) < 4.78 is 0. The van der Waals surface area contributed by atoms with Gasteiger partial charge in [-0.2, -0.15) is 5.53 Å². The molecular formula is C2H11N5. The Morgan fingerprint density at radius 1 is 1.14 bits per heavy atom. The Hall–Kier alpha value is -0.200. The van der Waals surface area contributed by atoms with Gasteiger partial charge in [-0.05, 0) is 0 Å². The first-order valence-corrected chi connectivity index (χ1v) is 2.03. The van der Waals surface area contributed by atoms with E-state index in [4.69, 9.17) is 11.7 Å². The Bertz CT molecular complexity index is 25.3. The van der Waals surface area contributed by atoms with Crippen molar-refractivity contribution in [2.45, 2.75) is 0 Å². The average Bonchev–Trinajstić information content (AvgIpc) is 1.69. The second-order valence-corrected chi connectivity index (χ2v) is 1.03. The van der Waals surface area contributed by atoms with Crippen LogP contribution in [-0.2, 0) is 0 Å². The molecule has 0 saturated carbocycles. The third-order valence-corrected chi connectivity index (χ3v) is 0.496. The van der Waals surface area contributed by atoms with Crippen LogP contribution in [0.15, 0.2) is 0 Å². The van der Waals surface area contributed by atoms with Crippen molar-refractivity contribution in [3.05, 3.63) is 0 Å². The topological polar surface area (TPSA) is 88.1 Å². The van der Waals surface area contributed by atoms with E-state index in [1.807, 2.05) is 0 Å². The van der Waals surface area contributed by atoms with Gasteiger partial charge in [0.25, 0.3) is 0 Å². The van der Waals surface area contributed by atoms with Crippen LogP contribution in [0.2, 0.25) is 0 Å². The fourth-order valence-electron chi connectivity index (χ4n) is 0.207. The molecule has 0 aliphatic carbocycles. The van der Waals surface area contributed by atoms with Gasteiger partial charge >= 0.3 is 0 Å². The van der Waals surface area contributed by atoms with Crippen molar-refractivity contribution in [1.29, 1.82) is 0 Å². The molecule has 0 amide bonds. The molecule has 0 saturated heterocycles. The highest BCUT2D eigenvalue weighted by atomic mass is 15.5. The molecule has 7 N–H and O–H groups in total. The predicted octanol–water partition coefficient (Wildman–Crippen LogP) is -2.58. The lowest BCUT2D eigenvalue weighted by atomic mass is 10.7. The van der Waals surface area contributed by atoms with Crippen molar-refractivity contribution in [3.63, 3.8) is 0 Å². The monoisotopic (exact) mass is 105 g/mol. The van der Waals surface area contributed by atoms with Crippen LogP contribution in [0.4, 0.5) is 0 Å². The van der Waals surface area contributed by atoms with Gasteiger partial charge in [0.15, 0.2) is 0 Å². The number of hydrogen-bond donors (Lipinski definition) is 5. The highest BCUT2D eigenvalue weighted by Crippen LogP contribution is 1.42. The fraction of sp³-hybridized carbons (Fsp3) is 1.00. The molecule has 0 aliphatic rings. The lowest BCUT2D eigenvalue weighted by Crippen LogP contribution is -2.42. The van der Waals surface area contributed by atoms with Gasteiger partial charge in [-0.3, -0.25) is 17.1 Å². The SMILES string of the molecule is NNCCNNN. The largest absolute Gasteiger partial charge is 0.271 e. The van der Waals surface area contributed by atoms with Crippen LogP contribution in [0.25, 0.3) is 0 Å². The van der Waals surface area contributed by atoms with E-state index in [9.17, 15) is 0 Å². The van der Waals surface area contributed by atoms with Crippen molar-refractivity contribution in [3.8, 4) is 0 Å². The molecule has 5 nitrogen and oxygen atoms in total. The summed E-state index contributed by atoms with van der Waals surface area (Å²) in [6, 6.07) is 0. The maximum atomic E-state index is 4.91. The van der Waals surface area contributed by atoms with E-state index in [1.165, 1.54) is 0 Å². The maximum absolute atomic E-state index is 4.91. The van der Waals surface area contributed by atoms with Gasteiger partial charge in [0, 0.05) is 13.1 Å². The number of nitrogens with two attached hydrogens (primary N) is 2. The van der Waals surface area contributed by atoms with Crippen LogP contribution in [0.1, 0.15) is 0 Å². The molecule has 0 atom stereocenters. The predicted molar refractivity (Wildman–Crippen MR) is 27.5 cm³/mol. The first kappa shape index (κ1) is 6.80. The Labute approximate surface area is 42.3 Å². The van der Waals surface area contributed by atoms with Crippen molar-refractivity contribution in [1.82, 2.24) is 16.4 Å². The van der Waals surface area contributed by atoms with Gasteiger partial charge in [0.2, 0.25) is 0 Å². The van der Waals surface area contributed by atoms with E-state index < -0.39 is 0 Å². The first-order chi connectivity index (χ1) is 3.41. The zero-order chi connectivity index (χ0) is 5.54. The van der Waals surface area contributed by atoms with Crippen LogP contribution < -0.4 is 28.1 Å². The van der Waals surface area contributed by atoms with Crippen LogP contribution >= 0.6 is 0 Å². The summed E-state index contributed by atoms with van der Waals surface area (Å²) in [6.07, 6.45) is 0. The summed E-state index contributed by atoms with van der Waals surface area (Å²) in [5.41, 5.74) is 7.34. The lowest BCUT2D eigenvalue weighted by Gasteiger charge is -1.98. The normalized spacial score (nSPS) is 9.43. The summed E-state index contributed by atoms with van der Waals surface area (Å²) in [6.45, 7) is 1.41. The first-order valence-electron chi connectivity index (χ1n) is 2.03. The number of rotatable bonds is 4. The summed E-state index contributed by atoms with van der Waals surface area (Å²) >= 11 is 0. The Morgan fingerprint density at radius 2 is 1.86 bits per heavy atom. The molecule has 0 unspecified atom stereocenters. The smallest absolute Gasteiger partial charge is 0.0252 e. The van der Waals surface area contributed by atoms with Gasteiger partial charge in [-0.15, -0.1) is 0 Å². The number of hydrogen-bond acceptors (Lipinski definition) is 5. The summed E-state index contributed by atoms with van der Waals surface area (Å²) in [7, 11) is 0. The minimum atomic E-state index is 0.699. The molecule has 5 heteroatoms. The maximum Gasteiger partial charge on any atom is 0.0252 e. The van der Waals surface area contributed by atoms with Crippen molar-refractivity contribution in [2.75, 3.05) is 13.1 Å². The van der Waals surface area contributed by atoms with E-state index in [1.54, 1.807) is 0 Å². The van der Waals surface area contributed by atoms with Gasteiger partial charge in [-0.1, -0.05) is 0 Å². The molecule has 0 spiro atoms. The highest BCUT2D eigenvalue weighted by molar-refractivity contribution is 4.36. The summed E-state index contributed by atoms with van der Waals surface area (Å²) in [5.74, 6) is 9.75. The molecule has 0 radical (unpaired) electrons. The van der Waals surface area contributed by atoms with Crippen molar-refractivity contribution in [2.24, 2.45) is 11.7 Å². The second-order valence-electron chi connectivity index (χ2n) is 1.03. The van der Waals surface area contributed by atoms with Crippen molar-refractivity contribution < 1.29 is 0 Å². The molecular weight excluding hydrogens is 94.1 g/mol. The molecule has 0 bridgehead atoms. The molecule has 0 aromatic rings. The molecule has 0 aromatic heterocycles. The third kappa shape index (κ3) is 5.80. The van der Waals surface area contributed by atoms with Gasteiger partial charge in [0.05, 0.1) is 0 Å². The quantitative estimate of drug-likeness (QED) is 0.154. The summed E-state index contributed by atoms with van der Waals surface area (Å²) in [5, 5.41) is 0. The second kappa shape index (κ2) is 5.80. The number of hydrazine groups is 3. The van der Waals surface area contributed by atoms with Gasteiger partial charge < -0.3 is 0 Å². The molecule has 44 valence electrons. The Balaban J connectivity index is 2.45. The van der Waals surface area contributed by atoms with Crippen LogP contribution in [0.3, 0.4) is 0 Å². The van der Waals surface area contributed by atoms with Crippen LogP contribution in [0, 0.1) is 0 Å². The van der Waals surface area contributed by atoms with Crippen molar-refractivity contribution >= 4 is 0 Å². The minimum Gasteiger partial charge on any atom is -0.271 e. The Kier molecular flexibility index (Phi) is 5.63. The molecule has 0 aromatic carbocycles. The lowest BCUT2D eigenvalue weighted by molar-refractivity contribution is 0.535. The fourth-order valence-corrected chi connectivity index (χ4v) is 0.207. The third-order valence-electron chi connectivity index (χ3n) is 0.496. The van der Waals surface area contributed by atoms with E-state index in [2.05, 4.69) is 16.4 Å². The molecule has 0 heterocycles. The molecule has 0 fully saturated rings. The summed E-state index contributed by atoms with van der Waals surface area (Å²) in [4.78, 5) is 0. The van der Waals surface area contributed by atoms with E-state index in [-0.39, 0.29) is 0 Å². The van der Waals surface area contributed by atoms with Gasteiger partial charge in [0.1, 0.15) is 0 Å². The molecule has 0 rings (SSSR count). The van der Waals surface area contributed by atoms with E-state index >= 15 is 0 Å². The zero-order valence-electron chi connectivity index (χ0n) is 4.07. The van der Waals surface area contributed by atoms with E-state index in [0.717, 1.165) is 0 Å². The molecule has 0 aliphatic heterocycles. The average molecular weight is 105 g/mol. The minimum absolute atomic E-state index is 0.699. The Morgan fingerprint density at radius 3 is 2.29 bits per heavy atom. The zero-order valence-corrected chi connectivity index (χ0v) is 4.07. The van der Waals surface area contributed by atoms with Crippen LogP contribution in [-0.4, -0.2) is 13.1 Å². The number of nitrogens with one attached hydrogen (secondary N) is 3. The highest BCUT2D eigenvalue weighted by Gasteiger charge is 1.75. The van der Waals surface area contributed by atoms with Gasteiger partial charge in [-0.25, -0.2) is 5.43 Å². The standard InChI is InChI=1S/C2H11N5/c3-5-1-2-6-7-4/h5-7H,1-4H2. The van der Waals surface area contributed by atoms with Crippen LogP contribution in [0.5, 0.6) is 0 Å². The van der Waals surface area contributed by atoms with E-state index in [0.29, 0.717) is 13.1 Å².